The third kappa shape index (κ3) is 7.22. The van der Waals surface area contributed by atoms with E-state index in [2.05, 4.69) is 20.6 Å². The zero-order chi connectivity index (χ0) is 31.1. The summed E-state index contributed by atoms with van der Waals surface area (Å²) in [7, 11) is 1.78. The van der Waals surface area contributed by atoms with Gasteiger partial charge in [0, 0.05) is 50.7 Å². The summed E-state index contributed by atoms with van der Waals surface area (Å²) in [5.74, 6) is -0.700. The highest BCUT2D eigenvalue weighted by Gasteiger charge is 2.40. The van der Waals surface area contributed by atoms with E-state index >= 15 is 0 Å². The van der Waals surface area contributed by atoms with Crippen LogP contribution in [0.25, 0.3) is 11.3 Å². The molecular formula is C30H36F3N7O3. The van der Waals surface area contributed by atoms with Crippen LogP contribution in [-0.2, 0) is 6.18 Å². The van der Waals surface area contributed by atoms with Crippen molar-refractivity contribution in [2.75, 3.05) is 51.3 Å². The fraction of sp³-hybridized carbons (Fsp3) is 0.433. The van der Waals surface area contributed by atoms with E-state index in [0.717, 1.165) is 0 Å². The Morgan fingerprint density at radius 2 is 1.86 bits per heavy atom. The number of rotatable bonds is 10. The van der Waals surface area contributed by atoms with Gasteiger partial charge in [0.2, 0.25) is 5.88 Å². The number of aryl methyl sites for hydroxylation is 1. The third-order valence-electron chi connectivity index (χ3n) is 7.16. The SMILES string of the molecule is CCOc1ncccc1-c1ccc(N2CCN(C(=O)c3ccc(C)nc3C(F)(F)F)C[C@H]2CC)c(C(=O)NCCNC)n1. The van der Waals surface area contributed by atoms with Crippen molar-refractivity contribution >= 4 is 17.5 Å². The Balaban J connectivity index is 1.67. The summed E-state index contributed by atoms with van der Waals surface area (Å²) in [6, 6.07) is 9.49. The number of hydrogen-bond donors (Lipinski definition) is 2. The minimum absolute atomic E-state index is 0.153. The zero-order valence-corrected chi connectivity index (χ0v) is 24.7. The molecule has 3 aromatic rings. The van der Waals surface area contributed by atoms with Gasteiger partial charge in [-0.3, -0.25) is 9.59 Å². The van der Waals surface area contributed by atoms with Crippen molar-refractivity contribution in [3.05, 3.63) is 65.2 Å². The summed E-state index contributed by atoms with van der Waals surface area (Å²) in [6.07, 6.45) is -2.57. The molecule has 0 unspecified atom stereocenters. The number of piperazine rings is 1. The second kappa shape index (κ2) is 13.8. The van der Waals surface area contributed by atoms with Crippen molar-refractivity contribution in [3.8, 4) is 17.1 Å². The maximum atomic E-state index is 13.7. The van der Waals surface area contributed by atoms with Gasteiger partial charge in [0.25, 0.3) is 11.8 Å². The average Bonchev–Trinajstić information content (AvgIpc) is 3.00. The molecule has 0 radical (unpaired) electrons. The van der Waals surface area contributed by atoms with Gasteiger partial charge in [-0.15, -0.1) is 0 Å². The zero-order valence-electron chi connectivity index (χ0n) is 24.7. The number of alkyl halides is 3. The van der Waals surface area contributed by atoms with Crippen LogP contribution in [0.5, 0.6) is 5.88 Å². The number of nitrogens with one attached hydrogen (secondary N) is 2. The summed E-state index contributed by atoms with van der Waals surface area (Å²) in [6.45, 7) is 7.19. The summed E-state index contributed by atoms with van der Waals surface area (Å²) >= 11 is 0. The number of nitrogens with zero attached hydrogens (tertiary/aromatic N) is 5. The lowest BCUT2D eigenvalue weighted by atomic mass is 10.0. The molecule has 1 atom stereocenters. The van der Waals surface area contributed by atoms with E-state index in [1.165, 1.54) is 24.0 Å². The highest BCUT2D eigenvalue weighted by atomic mass is 19.4. The van der Waals surface area contributed by atoms with E-state index in [4.69, 9.17) is 9.72 Å². The summed E-state index contributed by atoms with van der Waals surface area (Å²) in [5, 5.41) is 5.88. The molecule has 3 aromatic heterocycles. The molecule has 0 saturated carbocycles. The Hall–Kier alpha value is -4.26. The molecule has 10 nitrogen and oxygen atoms in total. The maximum absolute atomic E-state index is 13.7. The highest BCUT2D eigenvalue weighted by Crippen LogP contribution is 2.34. The lowest BCUT2D eigenvalue weighted by Crippen LogP contribution is -2.55. The number of amides is 2. The molecule has 43 heavy (non-hydrogen) atoms. The largest absolute Gasteiger partial charge is 0.477 e. The lowest BCUT2D eigenvalue weighted by molar-refractivity contribution is -0.141. The van der Waals surface area contributed by atoms with Crippen LogP contribution in [-0.4, -0.2) is 84.1 Å². The number of pyridine rings is 3. The Morgan fingerprint density at radius 3 is 2.56 bits per heavy atom. The third-order valence-corrected chi connectivity index (χ3v) is 7.16. The molecule has 1 aliphatic heterocycles. The van der Waals surface area contributed by atoms with E-state index in [0.29, 0.717) is 55.5 Å². The molecule has 1 saturated heterocycles. The van der Waals surface area contributed by atoms with Gasteiger partial charge in [0.15, 0.2) is 11.4 Å². The van der Waals surface area contributed by atoms with E-state index in [9.17, 15) is 22.8 Å². The predicted octanol–water partition coefficient (Wildman–Crippen LogP) is 3.95. The minimum atomic E-state index is -4.76. The average molecular weight is 600 g/mol. The van der Waals surface area contributed by atoms with Gasteiger partial charge in [-0.25, -0.2) is 15.0 Å². The smallest absolute Gasteiger partial charge is 0.434 e. The molecule has 1 fully saturated rings. The first-order chi connectivity index (χ1) is 20.6. The van der Waals surface area contributed by atoms with Crippen molar-refractivity contribution < 1.29 is 27.5 Å². The number of carbonyl (C=O) groups is 2. The molecule has 230 valence electrons. The molecule has 0 bridgehead atoms. The number of ether oxygens (including phenoxy) is 1. The van der Waals surface area contributed by atoms with Crippen LogP contribution in [0.3, 0.4) is 0 Å². The van der Waals surface area contributed by atoms with Crippen molar-refractivity contribution in [1.29, 1.82) is 0 Å². The standard InChI is InChI=1S/C30H36F3N7O3/c1-5-20-18-39(29(42)22-10-9-19(3)37-26(22)30(31,32)33)16-17-40(20)24-12-11-23(21-8-7-13-36-28(21)43-6-2)38-25(24)27(41)35-15-14-34-4/h7-13,20,34H,5-6,14-18H2,1-4H3,(H,35,41)/t20-/m1/s1. The van der Waals surface area contributed by atoms with E-state index in [1.807, 2.05) is 30.9 Å². The Bertz CT molecular complexity index is 1450. The van der Waals surface area contributed by atoms with Gasteiger partial charge in [-0.1, -0.05) is 6.92 Å². The molecule has 0 aliphatic carbocycles. The van der Waals surface area contributed by atoms with Gasteiger partial charge < -0.3 is 25.2 Å². The molecule has 1 aliphatic rings. The number of aromatic nitrogens is 3. The molecule has 4 rings (SSSR count). The summed E-state index contributed by atoms with van der Waals surface area (Å²) in [4.78, 5) is 42.9. The molecule has 4 heterocycles. The van der Waals surface area contributed by atoms with Gasteiger partial charge in [0.05, 0.1) is 29.1 Å². The lowest BCUT2D eigenvalue weighted by Gasteiger charge is -2.43. The predicted molar refractivity (Wildman–Crippen MR) is 156 cm³/mol. The molecule has 0 spiro atoms. The first kappa shape index (κ1) is 31.7. The topological polar surface area (TPSA) is 113 Å². The minimum Gasteiger partial charge on any atom is -0.477 e. The van der Waals surface area contributed by atoms with E-state index in [1.54, 1.807) is 25.4 Å². The highest BCUT2D eigenvalue weighted by molar-refractivity contribution is 5.99. The van der Waals surface area contributed by atoms with Crippen molar-refractivity contribution in [1.82, 2.24) is 30.5 Å². The Kier molecular flexibility index (Phi) is 10.2. The maximum Gasteiger partial charge on any atom is 0.434 e. The van der Waals surface area contributed by atoms with Crippen LogP contribution in [0.1, 0.15) is 52.5 Å². The number of anilines is 1. The fourth-order valence-electron chi connectivity index (χ4n) is 5.04. The quantitative estimate of drug-likeness (QED) is 0.337. The van der Waals surface area contributed by atoms with Crippen molar-refractivity contribution in [2.24, 2.45) is 0 Å². The van der Waals surface area contributed by atoms with Gasteiger partial charge in [-0.05, 0) is 63.7 Å². The number of carbonyl (C=O) groups excluding carboxylic acids is 2. The van der Waals surface area contributed by atoms with Gasteiger partial charge in [0.1, 0.15) is 0 Å². The number of halogens is 3. The molecule has 2 N–H and O–H groups in total. The second-order valence-electron chi connectivity index (χ2n) is 10.1. The first-order valence-corrected chi connectivity index (χ1v) is 14.2. The van der Waals surface area contributed by atoms with Crippen LogP contribution in [0.4, 0.5) is 18.9 Å². The van der Waals surface area contributed by atoms with Crippen LogP contribution < -0.4 is 20.3 Å². The van der Waals surface area contributed by atoms with E-state index < -0.39 is 23.3 Å². The van der Waals surface area contributed by atoms with Crippen LogP contribution in [0.15, 0.2) is 42.6 Å². The molecule has 2 amide bonds. The van der Waals surface area contributed by atoms with E-state index in [-0.39, 0.29) is 36.4 Å². The number of hydrogen-bond acceptors (Lipinski definition) is 8. The first-order valence-electron chi connectivity index (χ1n) is 14.2. The van der Waals surface area contributed by atoms with Gasteiger partial charge >= 0.3 is 6.18 Å². The van der Waals surface area contributed by atoms with Crippen LogP contribution in [0.2, 0.25) is 0 Å². The van der Waals surface area contributed by atoms with Gasteiger partial charge in [-0.2, -0.15) is 13.2 Å². The Labute approximate surface area is 248 Å². The van der Waals surface area contributed by atoms with Crippen LogP contribution >= 0.6 is 0 Å². The normalized spacial score (nSPS) is 15.4. The molecule has 13 heteroatoms. The van der Waals surface area contributed by atoms with Crippen molar-refractivity contribution in [2.45, 2.75) is 39.4 Å². The Morgan fingerprint density at radius 1 is 1.07 bits per heavy atom. The monoisotopic (exact) mass is 599 g/mol. The van der Waals surface area contributed by atoms with Crippen LogP contribution in [0, 0.1) is 6.92 Å². The van der Waals surface area contributed by atoms with Crippen molar-refractivity contribution in [3.63, 3.8) is 0 Å². The summed E-state index contributed by atoms with van der Waals surface area (Å²) in [5.41, 5.74) is 0.423. The second-order valence-corrected chi connectivity index (χ2v) is 10.1. The molecule has 0 aromatic carbocycles. The molecular weight excluding hydrogens is 563 g/mol. The summed E-state index contributed by atoms with van der Waals surface area (Å²) < 4.78 is 46.9. The fourth-order valence-corrected chi connectivity index (χ4v) is 5.04. The number of likely N-dealkylation sites (N-methyl/N-ethyl adjacent to an activating group) is 1.